The van der Waals surface area contributed by atoms with Crippen molar-refractivity contribution in [2.75, 3.05) is 6.61 Å². The fourth-order valence-electron chi connectivity index (χ4n) is 2.11. The Morgan fingerprint density at radius 1 is 0.800 bits per heavy atom. The van der Waals surface area contributed by atoms with Gasteiger partial charge in [0.2, 0.25) is 0 Å². The number of rotatable bonds is 14. The average Bonchev–Trinajstić information content (AvgIpc) is 2.44. The minimum absolute atomic E-state index is 0.242. The molecule has 0 saturated carbocycles. The zero-order chi connectivity index (χ0) is 15.1. The second-order valence-corrected chi connectivity index (χ2v) is 5.42. The van der Waals surface area contributed by atoms with Crippen molar-refractivity contribution >= 4 is 0 Å². The van der Waals surface area contributed by atoms with E-state index in [1.54, 1.807) is 0 Å². The molecule has 3 heteroatoms. The molecule has 0 fully saturated rings. The first-order valence-corrected chi connectivity index (χ1v) is 7.93. The van der Waals surface area contributed by atoms with Crippen LogP contribution >= 0.6 is 0 Å². The molecule has 2 atom stereocenters. The zero-order valence-corrected chi connectivity index (χ0v) is 12.7. The molecule has 0 aliphatic rings. The van der Waals surface area contributed by atoms with Crippen LogP contribution in [-0.2, 0) is 0 Å². The van der Waals surface area contributed by atoms with Gasteiger partial charge in [-0.1, -0.05) is 43.9 Å². The van der Waals surface area contributed by atoms with Crippen molar-refractivity contribution in [2.45, 2.75) is 76.4 Å². The molecule has 118 valence electrons. The van der Waals surface area contributed by atoms with Crippen molar-refractivity contribution in [3.8, 4) is 0 Å². The van der Waals surface area contributed by atoms with Crippen molar-refractivity contribution in [1.82, 2.24) is 0 Å². The second kappa shape index (κ2) is 14.8. The van der Waals surface area contributed by atoms with Crippen LogP contribution < -0.4 is 0 Å². The van der Waals surface area contributed by atoms with Crippen LogP contribution in [-0.4, -0.2) is 34.1 Å². The third kappa shape index (κ3) is 13.8. The van der Waals surface area contributed by atoms with E-state index in [0.717, 1.165) is 12.8 Å². The number of hydrogen-bond donors (Lipinski definition) is 3. The van der Waals surface area contributed by atoms with E-state index in [2.05, 4.69) is 12.7 Å². The van der Waals surface area contributed by atoms with Gasteiger partial charge in [-0.25, -0.2) is 0 Å². The first-order valence-electron chi connectivity index (χ1n) is 7.93. The molecule has 0 aliphatic heterocycles. The number of unbranched alkanes of at least 4 members (excludes halogenated alkanes) is 7. The Labute approximate surface area is 124 Å². The normalized spacial score (nSPS) is 14.6. The number of allylic oxidation sites excluding steroid dienone is 2. The van der Waals surface area contributed by atoms with E-state index < -0.39 is 12.2 Å². The van der Waals surface area contributed by atoms with Crippen LogP contribution in [0.5, 0.6) is 0 Å². The summed E-state index contributed by atoms with van der Waals surface area (Å²) in [4.78, 5) is 0. The lowest BCUT2D eigenvalue weighted by Gasteiger charge is -2.11. The summed E-state index contributed by atoms with van der Waals surface area (Å²) in [5.74, 6) is 0. The smallest absolute Gasteiger partial charge is 0.0795 e. The van der Waals surface area contributed by atoms with Gasteiger partial charge >= 0.3 is 0 Å². The minimum atomic E-state index is -0.806. The molecule has 0 unspecified atom stereocenters. The Morgan fingerprint density at radius 2 is 1.40 bits per heavy atom. The third-order valence-electron chi connectivity index (χ3n) is 3.36. The fourth-order valence-corrected chi connectivity index (χ4v) is 2.11. The van der Waals surface area contributed by atoms with Gasteiger partial charge in [0, 0.05) is 6.42 Å². The van der Waals surface area contributed by atoms with Gasteiger partial charge in [-0.3, -0.25) is 0 Å². The SMILES string of the molecule is C=CCCCCCCCC/C=C/C[C@@H](O)C[C@@H](O)CO. The molecule has 0 radical (unpaired) electrons. The fraction of sp³-hybridized carbons (Fsp3) is 0.765. The van der Waals surface area contributed by atoms with E-state index in [1.807, 2.05) is 12.2 Å². The van der Waals surface area contributed by atoms with Crippen molar-refractivity contribution < 1.29 is 15.3 Å². The predicted octanol–water partition coefficient (Wildman–Crippen LogP) is 3.34. The number of aliphatic hydroxyl groups is 3. The van der Waals surface area contributed by atoms with Crippen molar-refractivity contribution in [3.05, 3.63) is 24.8 Å². The first kappa shape index (κ1) is 19.4. The van der Waals surface area contributed by atoms with E-state index in [0.29, 0.717) is 6.42 Å². The van der Waals surface area contributed by atoms with Gasteiger partial charge in [0.05, 0.1) is 18.8 Å². The molecule has 3 nitrogen and oxygen atoms in total. The van der Waals surface area contributed by atoms with E-state index in [1.165, 1.54) is 38.5 Å². The molecular formula is C17H32O3. The van der Waals surface area contributed by atoms with Gasteiger partial charge < -0.3 is 15.3 Å². The Bertz CT molecular complexity index is 238. The Hall–Kier alpha value is -0.640. The molecule has 0 saturated heterocycles. The quantitative estimate of drug-likeness (QED) is 0.339. The second-order valence-electron chi connectivity index (χ2n) is 5.42. The highest BCUT2D eigenvalue weighted by molar-refractivity contribution is 4.84. The van der Waals surface area contributed by atoms with Crippen LogP contribution in [0.25, 0.3) is 0 Å². The van der Waals surface area contributed by atoms with Crippen LogP contribution in [0.15, 0.2) is 24.8 Å². The van der Waals surface area contributed by atoms with Gasteiger partial charge in [-0.2, -0.15) is 0 Å². The molecule has 20 heavy (non-hydrogen) atoms. The van der Waals surface area contributed by atoms with Gasteiger partial charge in [-0.05, 0) is 32.1 Å². The average molecular weight is 284 g/mol. The summed E-state index contributed by atoms with van der Waals surface area (Å²) in [6.07, 6.45) is 15.3. The first-order chi connectivity index (χ1) is 9.70. The summed E-state index contributed by atoms with van der Waals surface area (Å²) in [5, 5.41) is 27.4. The van der Waals surface area contributed by atoms with Gasteiger partial charge in [-0.15, -0.1) is 6.58 Å². The van der Waals surface area contributed by atoms with E-state index >= 15 is 0 Å². The number of hydrogen-bond acceptors (Lipinski definition) is 3. The van der Waals surface area contributed by atoms with E-state index in [9.17, 15) is 5.11 Å². The number of aliphatic hydroxyl groups excluding tert-OH is 3. The minimum Gasteiger partial charge on any atom is -0.394 e. The van der Waals surface area contributed by atoms with Crippen LogP contribution in [0, 0.1) is 0 Å². The Kier molecular flexibility index (Phi) is 14.3. The monoisotopic (exact) mass is 284 g/mol. The molecule has 0 rings (SSSR count). The molecule has 0 heterocycles. The molecule has 0 aromatic carbocycles. The molecular weight excluding hydrogens is 252 g/mol. The summed E-state index contributed by atoms with van der Waals surface area (Å²) in [6.45, 7) is 3.43. The zero-order valence-electron chi connectivity index (χ0n) is 12.7. The molecule has 3 N–H and O–H groups in total. The van der Waals surface area contributed by atoms with Crippen LogP contribution in [0.2, 0.25) is 0 Å². The lowest BCUT2D eigenvalue weighted by molar-refractivity contribution is 0.0428. The molecule has 0 aliphatic carbocycles. The maximum atomic E-state index is 9.56. The van der Waals surface area contributed by atoms with Crippen molar-refractivity contribution in [1.29, 1.82) is 0 Å². The molecule has 0 amide bonds. The highest BCUT2D eigenvalue weighted by Crippen LogP contribution is 2.09. The molecule has 0 aromatic rings. The van der Waals surface area contributed by atoms with Crippen molar-refractivity contribution in [3.63, 3.8) is 0 Å². The maximum absolute atomic E-state index is 9.56. The maximum Gasteiger partial charge on any atom is 0.0795 e. The highest BCUT2D eigenvalue weighted by atomic mass is 16.3. The van der Waals surface area contributed by atoms with Crippen molar-refractivity contribution in [2.24, 2.45) is 0 Å². The third-order valence-corrected chi connectivity index (χ3v) is 3.36. The van der Waals surface area contributed by atoms with Gasteiger partial charge in [0.1, 0.15) is 0 Å². The molecule has 0 bridgehead atoms. The Balaban J connectivity index is 3.29. The standard InChI is InChI=1S/C17H32O3/c1-2-3-4-5-6-7-8-9-10-11-12-13-16(19)14-17(20)15-18/h2,11-12,16-20H,1,3-10,13-15H2/b12-11+/t16-,17-/m1/s1. The topological polar surface area (TPSA) is 60.7 Å². The lowest BCUT2D eigenvalue weighted by atomic mass is 10.1. The Morgan fingerprint density at radius 3 is 2.00 bits per heavy atom. The van der Waals surface area contributed by atoms with E-state index in [4.69, 9.17) is 10.2 Å². The summed E-state index contributed by atoms with van der Waals surface area (Å²) in [5.41, 5.74) is 0. The van der Waals surface area contributed by atoms with Gasteiger partial charge in [0.25, 0.3) is 0 Å². The largest absolute Gasteiger partial charge is 0.394 e. The van der Waals surface area contributed by atoms with Crippen LogP contribution in [0.1, 0.15) is 64.2 Å². The van der Waals surface area contributed by atoms with Crippen LogP contribution in [0.4, 0.5) is 0 Å². The summed E-state index contributed by atoms with van der Waals surface area (Å²) in [6, 6.07) is 0. The van der Waals surface area contributed by atoms with Gasteiger partial charge in [0.15, 0.2) is 0 Å². The van der Waals surface area contributed by atoms with E-state index in [-0.39, 0.29) is 13.0 Å². The molecule has 0 aromatic heterocycles. The lowest BCUT2D eigenvalue weighted by Crippen LogP contribution is -2.20. The summed E-state index contributed by atoms with van der Waals surface area (Å²) >= 11 is 0. The summed E-state index contributed by atoms with van der Waals surface area (Å²) < 4.78 is 0. The predicted molar refractivity (Wildman–Crippen MR) is 84.6 cm³/mol. The van der Waals surface area contributed by atoms with Crippen LogP contribution in [0.3, 0.4) is 0 Å². The molecule has 0 spiro atoms. The summed E-state index contributed by atoms with van der Waals surface area (Å²) in [7, 11) is 0. The highest BCUT2D eigenvalue weighted by Gasteiger charge is 2.08.